The van der Waals surface area contributed by atoms with Crippen LogP contribution in [0.1, 0.15) is 104 Å². The van der Waals surface area contributed by atoms with Gasteiger partial charge in [-0.1, -0.05) is 160 Å². The van der Waals surface area contributed by atoms with E-state index in [1.807, 2.05) is 55.5 Å². The Bertz CT molecular complexity index is 1530. The number of hydrogen-bond acceptors (Lipinski definition) is 10. The first-order valence-corrected chi connectivity index (χ1v) is 23.0. The molecule has 0 amide bonds. The highest BCUT2D eigenvalue weighted by Gasteiger charge is 2.25. The fourth-order valence-electron chi connectivity index (χ4n) is 4.74. The molecule has 12 heteroatoms. The Hall–Kier alpha value is -4.19. The summed E-state index contributed by atoms with van der Waals surface area (Å²) in [5.74, 6) is -1.11. The molecule has 1 unspecified atom stereocenters. The third-order valence-corrected chi connectivity index (χ3v) is 8.90. The van der Waals surface area contributed by atoms with Crippen molar-refractivity contribution >= 4 is 19.8 Å². The van der Waals surface area contributed by atoms with Crippen LogP contribution < -0.4 is 5.73 Å². The van der Waals surface area contributed by atoms with Gasteiger partial charge in [-0.25, -0.2) is 4.57 Å². The molecule has 0 aromatic heterocycles. The first-order valence-electron chi connectivity index (χ1n) is 21.5. The largest absolute Gasteiger partial charge is 0.472 e. The van der Waals surface area contributed by atoms with E-state index >= 15 is 0 Å². The maximum atomic E-state index is 12.6. The van der Waals surface area contributed by atoms with Gasteiger partial charge in [0.25, 0.3) is 0 Å². The number of aliphatic hydroxyl groups is 2. The molecule has 0 fully saturated rings. The first kappa shape index (κ1) is 56.8. The van der Waals surface area contributed by atoms with Gasteiger partial charge in [0.2, 0.25) is 0 Å². The molecule has 0 aliphatic rings. The van der Waals surface area contributed by atoms with Gasteiger partial charge in [0.15, 0.2) is 6.10 Å². The Balaban J connectivity index is 4.55. The third kappa shape index (κ3) is 42.3. The Morgan fingerprint density at radius 3 is 1.44 bits per heavy atom. The molecule has 0 aromatic carbocycles. The van der Waals surface area contributed by atoms with Crippen molar-refractivity contribution in [1.29, 1.82) is 0 Å². The zero-order valence-electron chi connectivity index (χ0n) is 36.5. The lowest BCUT2D eigenvalue weighted by molar-refractivity contribution is -0.161. The smallest absolute Gasteiger partial charge is 0.462 e. The van der Waals surface area contributed by atoms with Crippen LogP contribution in [0.2, 0.25) is 0 Å². The van der Waals surface area contributed by atoms with E-state index in [-0.39, 0.29) is 32.6 Å². The summed E-state index contributed by atoms with van der Waals surface area (Å²) in [6.45, 7) is 3.09. The molecule has 11 nitrogen and oxygen atoms in total. The summed E-state index contributed by atoms with van der Waals surface area (Å²) in [4.78, 5) is 34.8. The highest BCUT2D eigenvalue weighted by molar-refractivity contribution is 7.47. The van der Waals surface area contributed by atoms with Crippen LogP contribution in [-0.4, -0.2) is 71.7 Å². The molecule has 0 aliphatic heterocycles. The summed E-state index contributed by atoms with van der Waals surface area (Å²) in [5.41, 5.74) is 5.33. The maximum absolute atomic E-state index is 12.6. The average Bonchev–Trinajstić information content (AvgIpc) is 3.24. The summed E-state index contributed by atoms with van der Waals surface area (Å²) in [6, 6.07) is 0. The van der Waals surface area contributed by atoms with Crippen LogP contribution in [0.5, 0.6) is 0 Å². The SMILES string of the molecule is CC/C=C\C/C=C\C/C=C\C/C=C\C/C=C\C/C=C\CCC(=O)OC[C@H](COP(=O)(O)OCCN)OC(=O)CC/C=C\C/C=C\C[C@@H](O)/C=C/C=C\C=C\[C@@H](O)C/C=C\CC. The average molecular weight is 868 g/mol. The topological polar surface area (TPSA) is 175 Å². The Labute approximate surface area is 366 Å². The van der Waals surface area contributed by atoms with Gasteiger partial charge in [-0.3, -0.25) is 18.6 Å². The summed E-state index contributed by atoms with van der Waals surface area (Å²) in [6.07, 6.45) is 54.0. The number of ether oxygens (including phenoxy) is 2. The van der Waals surface area contributed by atoms with E-state index < -0.39 is 44.7 Å². The van der Waals surface area contributed by atoms with Gasteiger partial charge < -0.3 is 30.3 Å². The molecule has 0 saturated carbocycles. The lowest BCUT2D eigenvalue weighted by Gasteiger charge is -2.19. The lowest BCUT2D eigenvalue weighted by atomic mass is 10.2. The Morgan fingerprint density at radius 1 is 0.557 bits per heavy atom. The molecule has 0 radical (unpaired) electrons. The van der Waals surface area contributed by atoms with Gasteiger partial charge in [0, 0.05) is 19.4 Å². The van der Waals surface area contributed by atoms with Gasteiger partial charge in [-0.15, -0.1) is 0 Å². The Kier molecular flexibility index (Phi) is 39.6. The van der Waals surface area contributed by atoms with Crippen molar-refractivity contribution < 1.29 is 47.8 Å². The van der Waals surface area contributed by atoms with Gasteiger partial charge in [-0.05, 0) is 77.0 Å². The number of phosphoric acid groups is 1. The summed E-state index contributed by atoms with van der Waals surface area (Å²) in [7, 11) is -4.46. The maximum Gasteiger partial charge on any atom is 0.472 e. The van der Waals surface area contributed by atoms with Crippen LogP contribution in [0.4, 0.5) is 0 Å². The molecule has 0 bridgehead atoms. The standard InChI is InChI=1S/C49H74NO10P/c1-3-5-7-8-9-10-11-12-13-14-15-16-17-18-19-20-21-25-33-39-48(53)57-43-47(44-59-61(55,56)58-42-41-50)60-49(54)40-34-26-23-22-24-30-36-46(52)38-32-28-27-31-37-45(51)35-29-6-4-2/h5-7,9-10,12-13,15-16,18-19,21,23-32,37-38,45-47,51-52H,3-4,8,11,14,17,20,22,33-36,39-44,50H2,1-2H3,(H,55,56)/b7-5-,10-9-,13-12-,16-15-,19-18-,25-21-,26-23-,28-27-,29-6-,30-24-,37-31+,38-32+/t45-,46+,47+/m0/s1. The zero-order chi connectivity index (χ0) is 44.9. The second-order valence-electron chi connectivity index (χ2n) is 13.5. The summed E-state index contributed by atoms with van der Waals surface area (Å²) in [5, 5.41) is 20.0. The number of allylic oxidation sites excluding steroid dienone is 20. The molecule has 340 valence electrons. The van der Waals surface area contributed by atoms with Gasteiger partial charge in [-0.2, -0.15) is 0 Å². The van der Waals surface area contributed by atoms with Crippen LogP contribution in [-0.2, 0) is 32.7 Å². The van der Waals surface area contributed by atoms with Crippen LogP contribution in [0.15, 0.2) is 146 Å². The minimum Gasteiger partial charge on any atom is -0.462 e. The van der Waals surface area contributed by atoms with Crippen molar-refractivity contribution in [3.05, 3.63) is 146 Å². The molecule has 0 heterocycles. The van der Waals surface area contributed by atoms with Crippen molar-refractivity contribution in [2.75, 3.05) is 26.4 Å². The quantitative estimate of drug-likeness (QED) is 0.0202. The number of hydrogen-bond donors (Lipinski definition) is 4. The number of rotatable bonds is 37. The number of esters is 2. The molecule has 4 atom stereocenters. The molecular formula is C49H74NO10P. The molecular weight excluding hydrogens is 794 g/mol. The van der Waals surface area contributed by atoms with Crippen molar-refractivity contribution in [2.45, 2.75) is 122 Å². The van der Waals surface area contributed by atoms with Crippen LogP contribution in [0.3, 0.4) is 0 Å². The van der Waals surface area contributed by atoms with E-state index in [1.165, 1.54) is 0 Å². The van der Waals surface area contributed by atoms with E-state index in [4.69, 9.17) is 24.3 Å². The minimum absolute atomic E-state index is 0.00492. The highest BCUT2D eigenvalue weighted by atomic mass is 31.2. The lowest BCUT2D eigenvalue weighted by Crippen LogP contribution is -2.29. The normalized spacial score (nSPS) is 15.7. The second-order valence-corrected chi connectivity index (χ2v) is 14.9. The summed E-state index contributed by atoms with van der Waals surface area (Å²) >= 11 is 0. The number of carbonyl (C=O) groups is 2. The molecule has 61 heavy (non-hydrogen) atoms. The summed E-state index contributed by atoms with van der Waals surface area (Å²) < 4.78 is 32.5. The van der Waals surface area contributed by atoms with E-state index in [9.17, 15) is 29.3 Å². The van der Waals surface area contributed by atoms with E-state index in [0.29, 0.717) is 32.1 Å². The van der Waals surface area contributed by atoms with Crippen LogP contribution in [0.25, 0.3) is 0 Å². The van der Waals surface area contributed by atoms with E-state index in [2.05, 4.69) is 67.7 Å². The predicted octanol–water partition coefficient (Wildman–Crippen LogP) is 10.4. The van der Waals surface area contributed by atoms with Gasteiger partial charge >= 0.3 is 19.8 Å². The zero-order valence-corrected chi connectivity index (χ0v) is 37.4. The molecule has 0 rings (SSSR count). The van der Waals surface area contributed by atoms with E-state index in [0.717, 1.165) is 44.9 Å². The monoisotopic (exact) mass is 868 g/mol. The van der Waals surface area contributed by atoms with E-state index in [1.54, 1.807) is 36.5 Å². The predicted molar refractivity (Wildman–Crippen MR) is 249 cm³/mol. The van der Waals surface area contributed by atoms with Crippen molar-refractivity contribution in [2.24, 2.45) is 5.73 Å². The van der Waals surface area contributed by atoms with Crippen molar-refractivity contribution in [3.8, 4) is 0 Å². The minimum atomic E-state index is -4.46. The molecule has 0 aromatic rings. The third-order valence-electron chi connectivity index (χ3n) is 7.91. The molecule has 0 aliphatic carbocycles. The fourth-order valence-corrected chi connectivity index (χ4v) is 5.51. The van der Waals surface area contributed by atoms with Crippen LogP contribution in [0, 0.1) is 0 Å². The molecule has 0 spiro atoms. The molecule has 0 saturated heterocycles. The highest BCUT2D eigenvalue weighted by Crippen LogP contribution is 2.43. The second kappa shape index (κ2) is 42.5. The Morgan fingerprint density at radius 2 is 0.967 bits per heavy atom. The van der Waals surface area contributed by atoms with Gasteiger partial charge in [0.1, 0.15) is 6.61 Å². The number of nitrogens with two attached hydrogens (primary N) is 1. The number of carbonyl (C=O) groups excluding carboxylic acids is 2. The fraction of sp³-hybridized carbons (Fsp3) is 0.469. The van der Waals surface area contributed by atoms with Crippen molar-refractivity contribution in [1.82, 2.24) is 0 Å². The number of aliphatic hydroxyl groups excluding tert-OH is 2. The van der Waals surface area contributed by atoms with Crippen LogP contribution >= 0.6 is 7.82 Å². The van der Waals surface area contributed by atoms with Crippen molar-refractivity contribution in [3.63, 3.8) is 0 Å². The number of phosphoric ester groups is 1. The molecule has 5 N–H and O–H groups in total. The van der Waals surface area contributed by atoms with Gasteiger partial charge in [0.05, 0.1) is 25.4 Å². The first-order chi connectivity index (χ1) is 29.6.